The van der Waals surface area contributed by atoms with Gasteiger partial charge in [-0.3, -0.25) is 0 Å². The molecule has 1 aromatic heterocycles. The lowest BCUT2D eigenvalue weighted by atomic mass is 9.93. The molecule has 2 nitrogen and oxygen atoms in total. The third-order valence-electron chi connectivity index (χ3n) is 3.40. The van der Waals surface area contributed by atoms with Crippen LogP contribution in [0.15, 0.2) is 12.1 Å². The predicted molar refractivity (Wildman–Crippen MR) is 51.9 cm³/mol. The first-order valence-electron chi connectivity index (χ1n) is 5.30. The summed E-state index contributed by atoms with van der Waals surface area (Å²) in [5.74, 6) is 0. The summed E-state index contributed by atoms with van der Waals surface area (Å²) in [4.78, 5) is 3.83. The zero-order valence-corrected chi connectivity index (χ0v) is 8.56. The number of hydrogen-bond donors (Lipinski definition) is 1. The van der Waals surface area contributed by atoms with E-state index in [0.29, 0.717) is 12.2 Å². The maximum atomic E-state index is 12.6. The molecule has 2 heterocycles. The highest BCUT2D eigenvalue weighted by molar-refractivity contribution is 5.37. The third-order valence-corrected chi connectivity index (χ3v) is 3.40. The highest BCUT2D eigenvalue weighted by Crippen LogP contribution is 2.50. The Labute approximate surface area is 90.9 Å². The zero-order valence-electron chi connectivity index (χ0n) is 8.56. The minimum Gasteiger partial charge on any atom is -0.312 e. The molecule has 1 N–H and O–H groups in total. The van der Waals surface area contributed by atoms with E-state index in [1.54, 1.807) is 6.07 Å². The second kappa shape index (κ2) is 2.97. The van der Waals surface area contributed by atoms with E-state index in [0.717, 1.165) is 31.0 Å². The fourth-order valence-corrected chi connectivity index (χ4v) is 2.33. The topological polar surface area (TPSA) is 24.9 Å². The van der Waals surface area contributed by atoms with Crippen molar-refractivity contribution >= 4 is 0 Å². The van der Waals surface area contributed by atoms with Crippen LogP contribution in [-0.4, -0.2) is 11.5 Å². The summed E-state index contributed by atoms with van der Waals surface area (Å²) >= 11 is 0. The molecule has 0 unspecified atom stereocenters. The van der Waals surface area contributed by atoms with Crippen molar-refractivity contribution in [3.05, 3.63) is 29.1 Å². The Bertz CT molecular complexity index is 435. The van der Waals surface area contributed by atoms with Crippen LogP contribution in [0.25, 0.3) is 0 Å². The molecule has 1 aliphatic carbocycles. The standard InChI is InChI=1S/C11H11F3N2/c12-11(13,14)8-2-1-7-5-15-6-10(3-4-10)9(7)16-8/h1-2,15H,3-6H2. The van der Waals surface area contributed by atoms with Gasteiger partial charge in [0.15, 0.2) is 0 Å². The van der Waals surface area contributed by atoms with Crippen LogP contribution in [-0.2, 0) is 18.1 Å². The number of halogens is 3. The maximum Gasteiger partial charge on any atom is 0.433 e. The van der Waals surface area contributed by atoms with Gasteiger partial charge in [-0.05, 0) is 24.5 Å². The molecule has 16 heavy (non-hydrogen) atoms. The van der Waals surface area contributed by atoms with Gasteiger partial charge in [0.05, 0.1) is 5.69 Å². The molecule has 0 saturated heterocycles. The van der Waals surface area contributed by atoms with Gasteiger partial charge < -0.3 is 5.32 Å². The average molecular weight is 228 g/mol. The summed E-state index contributed by atoms with van der Waals surface area (Å²) in [6.07, 6.45) is -2.45. The van der Waals surface area contributed by atoms with Gasteiger partial charge in [-0.25, -0.2) is 4.98 Å². The van der Waals surface area contributed by atoms with Gasteiger partial charge in [-0.1, -0.05) is 6.07 Å². The number of rotatable bonds is 0. The lowest BCUT2D eigenvalue weighted by Crippen LogP contribution is -2.35. The second-order valence-corrected chi connectivity index (χ2v) is 4.59. The molecule has 1 spiro atoms. The molecule has 2 aliphatic rings. The van der Waals surface area contributed by atoms with Crippen LogP contribution in [0.4, 0.5) is 13.2 Å². The first-order chi connectivity index (χ1) is 7.51. The van der Waals surface area contributed by atoms with Crippen LogP contribution < -0.4 is 5.32 Å². The Morgan fingerprint density at radius 3 is 2.62 bits per heavy atom. The Hall–Kier alpha value is -1.10. The number of alkyl halides is 3. The molecule has 1 saturated carbocycles. The van der Waals surface area contributed by atoms with Gasteiger partial charge in [-0.2, -0.15) is 13.2 Å². The fraction of sp³-hybridized carbons (Fsp3) is 0.545. The SMILES string of the molecule is FC(F)(F)c1ccc2c(n1)C1(CC1)CNC2. The van der Waals surface area contributed by atoms with Gasteiger partial charge in [-0.15, -0.1) is 0 Å². The molecule has 5 heteroatoms. The van der Waals surface area contributed by atoms with Crippen molar-refractivity contribution in [3.63, 3.8) is 0 Å². The molecule has 0 radical (unpaired) electrons. The predicted octanol–water partition coefficient (Wildman–Crippen LogP) is 2.24. The molecule has 1 aromatic rings. The molecule has 0 bridgehead atoms. The van der Waals surface area contributed by atoms with Crippen LogP contribution in [0.3, 0.4) is 0 Å². The van der Waals surface area contributed by atoms with Crippen LogP contribution >= 0.6 is 0 Å². The maximum absolute atomic E-state index is 12.6. The van der Waals surface area contributed by atoms with E-state index >= 15 is 0 Å². The third kappa shape index (κ3) is 1.42. The fourth-order valence-electron chi connectivity index (χ4n) is 2.33. The summed E-state index contributed by atoms with van der Waals surface area (Å²) in [6.45, 7) is 1.39. The van der Waals surface area contributed by atoms with E-state index in [9.17, 15) is 13.2 Å². The molecule has 0 atom stereocenters. The molecule has 0 aromatic carbocycles. The van der Waals surface area contributed by atoms with E-state index < -0.39 is 11.9 Å². The van der Waals surface area contributed by atoms with Gasteiger partial charge >= 0.3 is 6.18 Å². The number of aromatic nitrogens is 1. The van der Waals surface area contributed by atoms with E-state index in [2.05, 4.69) is 10.3 Å². The van der Waals surface area contributed by atoms with E-state index in [1.807, 2.05) is 0 Å². The van der Waals surface area contributed by atoms with Crippen LogP contribution in [0.2, 0.25) is 0 Å². The van der Waals surface area contributed by atoms with E-state index in [4.69, 9.17) is 0 Å². The van der Waals surface area contributed by atoms with Crippen molar-refractivity contribution in [2.24, 2.45) is 0 Å². The first-order valence-corrected chi connectivity index (χ1v) is 5.30. The summed E-state index contributed by atoms with van der Waals surface area (Å²) in [6, 6.07) is 2.62. The van der Waals surface area contributed by atoms with Gasteiger partial charge in [0, 0.05) is 18.5 Å². The monoisotopic (exact) mass is 228 g/mol. The van der Waals surface area contributed by atoms with Crippen LogP contribution in [0.5, 0.6) is 0 Å². The number of nitrogens with zero attached hydrogens (tertiary/aromatic N) is 1. The van der Waals surface area contributed by atoms with Crippen LogP contribution in [0, 0.1) is 0 Å². The molecule has 3 rings (SSSR count). The summed E-state index contributed by atoms with van der Waals surface area (Å²) in [7, 11) is 0. The van der Waals surface area contributed by atoms with Gasteiger partial charge in [0.2, 0.25) is 0 Å². The normalized spacial score (nSPS) is 21.9. The van der Waals surface area contributed by atoms with E-state index in [-0.39, 0.29) is 5.41 Å². The van der Waals surface area contributed by atoms with Crippen molar-refractivity contribution in [2.45, 2.75) is 31.0 Å². The van der Waals surface area contributed by atoms with Gasteiger partial charge in [0.25, 0.3) is 0 Å². The van der Waals surface area contributed by atoms with Crippen molar-refractivity contribution in [2.75, 3.05) is 6.54 Å². The smallest absolute Gasteiger partial charge is 0.312 e. The van der Waals surface area contributed by atoms with Gasteiger partial charge in [0.1, 0.15) is 5.69 Å². The van der Waals surface area contributed by atoms with Crippen LogP contribution in [0.1, 0.15) is 29.8 Å². The summed E-state index contributed by atoms with van der Waals surface area (Å²) < 4.78 is 37.7. The number of nitrogens with one attached hydrogen (secondary N) is 1. The lowest BCUT2D eigenvalue weighted by molar-refractivity contribution is -0.141. The molecule has 1 aliphatic heterocycles. The number of fused-ring (bicyclic) bond motifs is 2. The summed E-state index contributed by atoms with van der Waals surface area (Å²) in [5, 5.41) is 3.23. The largest absolute Gasteiger partial charge is 0.433 e. The Balaban J connectivity index is 2.09. The highest BCUT2D eigenvalue weighted by atomic mass is 19.4. The minimum atomic E-state index is -4.34. The minimum absolute atomic E-state index is 0.102. The van der Waals surface area contributed by atoms with E-state index in [1.165, 1.54) is 0 Å². The van der Waals surface area contributed by atoms with Crippen molar-refractivity contribution in [1.29, 1.82) is 0 Å². The lowest BCUT2D eigenvalue weighted by Gasteiger charge is -2.25. The zero-order chi connectivity index (χ0) is 11.4. The first kappa shape index (κ1) is 10.1. The highest BCUT2D eigenvalue weighted by Gasteiger charge is 2.49. The number of pyridine rings is 1. The Kier molecular flexibility index (Phi) is 1.87. The van der Waals surface area contributed by atoms with Crippen molar-refractivity contribution < 1.29 is 13.2 Å². The van der Waals surface area contributed by atoms with Crippen molar-refractivity contribution in [3.8, 4) is 0 Å². The van der Waals surface area contributed by atoms with Crippen molar-refractivity contribution in [1.82, 2.24) is 10.3 Å². The summed E-state index contributed by atoms with van der Waals surface area (Å²) in [5.41, 5.74) is 0.715. The average Bonchev–Trinajstić information content (AvgIpc) is 2.98. The molecular formula is C11H11F3N2. The molecule has 0 amide bonds. The number of hydrogen-bond acceptors (Lipinski definition) is 2. The second-order valence-electron chi connectivity index (χ2n) is 4.59. The molecular weight excluding hydrogens is 217 g/mol. The Morgan fingerprint density at radius 2 is 2.00 bits per heavy atom. The molecule has 86 valence electrons. The Morgan fingerprint density at radius 1 is 1.25 bits per heavy atom. The quantitative estimate of drug-likeness (QED) is 0.736. The molecule has 1 fully saturated rings.